The Balaban J connectivity index is 1.92. The van der Waals surface area contributed by atoms with Crippen molar-refractivity contribution < 1.29 is 19.1 Å². The number of ether oxygens (including phenoxy) is 1. The van der Waals surface area contributed by atoms with Gasteiger partial charge in [-0.2, -0.15) is 0 Å². The van der Waals surface area contributed by atoms with Crippen LogP contribution >= 0.6 is 11.6 Å². The molecule has 0 aliphatic heterocycles. The first-order valence-corrected chi connectivity index (χ1v) is 8.87. The van der Waals surface area contributed by atoms with Gasteiger partial charge in [-0.25, -0.2) is 4.79 Å². The third-order valence-corrected chi connectivity index (χ3v) is 4.79. The molecule has 0 N–H and O–H groups in total. The van der Waals surface area contributed by atoms with E-state index in [2.05, 4.69) is 0 Å². The van der Waals surface area contributed by atoms with Crippen LogP contribution in [-0.2, 0) is 17.8 Å². The molecule has 0 radical (unpaired) electrons. The number of carboxylic acids is 1. The highest BCUT2D eigenvalue weighted by atomic mass is 35.5. The van der Waals surface area contributed by atoms with E-state index in [0.29, 0.717) is 34.1 Å². The summed E-state index contributed by atoms with van der Waals surface area (Å²) in [6, 6.07) is 11.0. The molecule has 0 aliphatic carbocycles. The molecule has 0 spiro atoms. The number of carbonyl (C=O) groups is 1. The molecule has 0 saturated heterocycles. The average molecular weight is 386 g/mol. The van der Waals surface area contributed by atoms with Crippen molar-refractivity contribution in [2.24, 2.45) is 0 Å². The molecule has 0 aliphatic rings. The fraction of sp³-hybridized carbons (Fsp3) is 0.238. The summed E-state index contributed by atoms with van der Waals surface area (Å²) < 4.78 is 11.3. The van der Waals surface area contributed by atoms with Gasteiger partial charge in [-0.3, -0.25) is 0 Å². The molecule has 140 valence electrons. The standard InChI is InChI=1S/C21H19ClO5/c1-12-16-7-9-18(26-11-14-3-5-15(22)6-4-14)13(2)20(16)27-21(25)17(12)8-10-19(23)24/h3-7,9H,8,10-11H2,1-2H3,(H,23,24)/p-1. The van der Waals surface area contributed by atoms with Crippen molar-refractivity contribution in [1.29, 1.82) is 0 Å². The summed E-state index contributed by atoms with van der Waals surface area (Å²) in [6.07, 6.45) is -0.140. The first-order chi connectivity index (χ1) is 12.9. The van der Waals surface area contributed by atoms with Crippen LogP contribution in [0.4, 0.5) is 0 Å². The third-order valence-electron chi connectivity index (χ3n) is 4.54. The van der Waals surface area contributed by atoms with Crippen molar-refractivity contribution in [2.75, 3.05) is 0 Å². The molecule has 0 unspecified atom stereocenters. The van der Waals surface area contributed by atoms with Crippen molar-refractivity contribution in [3.8, 4) is 5.75 Å². The lowest BCUT2D eigenvalue weighted by atomic mass is 10.0. The number of carbonyl (C=O) groups excluding carboxylic acids is 1. The van der Waals surface area contributed by atoms with Crippen LogP contribution in [-0.4, -0.2) is 5.97 Å². The third kappa shape index (κ3) is 4.14. The van der Waals surface area contributed by atoms with Crippen LogP contribution < -0.4 is 15.5 Å². The number of carboxylic acid groups (broad SMARTS) is 1. The number of benzene rings is 2. The highest BCUT2D eigenvalue weighted by molar-refractivity contribution is 6.30. The summed E-state index contributed by atoms with van der Waals surface area (Å²) >= 11 is 5.88. The summed E-state index contributed by atoms with van der Waals surface area (Å²) in [5, 5.41) is 12.1. The molecule has 3 aromatic rings. The van der Waals surface area contributed by atoms with Gasteiger partial charge < -0.3 is 19.1 Å². The Morgan fingerprint density at radius 3 is 2.48 bits per heavy atom. The summed E-state index contributed by atoms with van der Waals surface area (Å²) in [5.41, 5.74) is 2.68. The predicted molar refractivity (Wildman–Crippen MR) is 101 cm³/mol. The topological polar surface area (TPSA) is 79.6 Å². The zero-order valence-electron chi connectivity index (χ0n) is 15.0. The summed E-state index contributed by atoms with van der Waals surface area (Å²) in [7, 11) is 0. The lowest BCUT2D eigenvalue weighted by molar-refractivity contribution is -0.305. The largest absolute Gasteiger partial charge is 0.550 e. The maximum atomic E-state index is 12.3. The molecule has 1 heterocycles. The zero-order valence-corrected chi connectivity index (χ0v) is 15.8. The number of halogens is 1. The molecule has 2 aromatic carbocycles. The van der Waals surface area contributed by atoms with Crippen LogP contribution in [0.3, 0.4) is 0 Å². The van der Waals surface area contributed by atoms with Gasteiger partial charge >= 0.3 is 5.63 Å². The van der Waals surface area contributed by atoms with Crippen LogP contribution in [0.2, 0.25) is 5.02 Å². The highest BCUT2D eigenvalue weighted by Gasteiger charge is 2.15. The van der Waals surface area contributed by atoms with E-state index in [1.807, 2.05) is 31.2 Å². The van der Waals surface area contributed by atoms with Gasteiger partial charge in [-0.15, -0.1) is 0 Å². The van der Waals surface area contributed by atoms with Gasteiger partial charge in [0.2, 0.25) is 0 Å². The molecule has 0 fully saturated rings. The van der Waals surface area contributed by atoms with Crippen molar-refractivity contribution in [3.63, 3.8) is 0 Å². The van der Waals surface area contributed by atoms with E-state index in [9.17, 15) is 14.7 Å². The van der Waals surface area contributed by atoms with E-state index in [1.165, 1.54) is 0 Å². The van der Waals surface area contributed by atoms with E-state index < -0.39 is 11.6 Å². The number of rotatable bonds is 6. The van der Waals surface area contributed by atoms with Gasteiger partial charge in [-0.1, -0.05) is 23.7 Å². The Hall–Kier alpha value is -2.79. The summed E-state index contributed by atoms with van der Waals surface area (Å²) in [5.74, 6) is -0.585. The molecular weight excluding hydrogens is 368 g/mol. The Kier molecular flexibility index (Phi) is 5.51. The number of fused-ring (bicyclic) bond motifs is 1. The number of aryl methyl sites for hydroxylation is 2. The van der Waals surface area contributed by atoms with E-state index in [4.69, 9.17) is 20.8 Å². The second-order valence-corrected chi connectivity index (χ2v) is 6.78. The van der Waals surface area contributed by atoms with Gasteiger partial charge in [0.25, 0.3) is 0 Å². The van der Waals surface area contributed by atoms with Gasteiger partial charge in [0.15, 0.2) is 0 Å². The van der Waals surface area contributed by atoms with Gasteiger partial charge in [0.05, 0.1) is 0 Å². The van der Waals surface area contributed by atoms with E-state index in [1.54, 1.807) is 19.1 Å². The first kappa shape index (κ1) is 19.0. The predicted octanol–water partition coefficient (Wildman–Crippen LogP) is 3.32. The van der Waals surface area contributed by atoms with Crippen LogP contribution in [0.5, 0.6) is 5.75 Å². The number of hydrogen-bond acceptors (Lipinski definition) is 5. The highest BCUT2D eigenvalue weighted by Crippen LogP contribution is 2.30. The molecule has 0 amide bonds. The second-order valence-electron chi connectivity index (χ2n) is 6.35. The van der Waals surface area contributed by atoms with Gasteiger partial charge in [-0.05, 0) is 62.1 Å². The minimum Gasteiger partial charge on any atom is -0.550 e. The maximum absolute atomic E-state index is 12.3. The molecule has 3 rings (SSSR count). The van der Waals surface area contributed by atoms with Crippen molar-refractivity contribution >= 4 is 28.5 Å². The number of hydrogen-bond donors (Lipinski definition) is 0. The van der Waals surface area contributed by atoms with Crippen molar-refractivity contribution in [3.05, 3.63) is 74.1 Å². The first-order valence-electron chi connectivity index (χ1n) is 8.50. The van der Waals surface area contributed by atoms with Crippen molar-refractivity contribution in [2.45, 2.75) is 33.3 Å². The SMILES string of the molecule is Cc1c(CCC(=O)[O-])c(=O)oc2c(C)c(OCc3ccc(Cl)cc3)ccc12. The molecule has 1 aromatic heterocycles. The maximum Gasteiger partial charge on any atom is 0.339 e. The molecule has 0 saturated carbocycles. The van der Waals surface area contributed by atoms with E-state index in [-0.39, 0.29) is 12.8 Å². The molecule has 6 heteroatoms. The Morgan fingerprint density at radius 1 is 1.11 bits per heavy atom. The zero-order chi connectivity index (χ0) is 19.6. The fourth-order valence-corrected chi connectivity index (χ4v) is 3.11. The van der Waals surface area contributed by atoms with Gasteiger partial charge in [0.1, 0.15) is 17.9 Å². The quantitative estimate of drug-likeness (QED) is 0.608. The summed E-state index contributed by atoms with van der Waals surface area (Å²) in [4.78, 5) is 23.0. The Bertz CT molecular complexity index is 1050. The summed E-state index contributed by atoms with van der Waals surface area (Å²) in [6.45, 7) is 3.97. The normalized spacial score (nSPS) is 10.9. The second kappa shape index (κ2) is 7.84. The lowest BCUT2D eigenvalue weighted by Gasteiger charge is -2.13. The van der Waals surface area contributed by atoms with Crippen molar-refractivity contribution in [1.82, 2.24) is 0 Å². The Labute approximate surface area is 161 Å². The monoisotopic (exact) mass is 385 g/mol. The molecule has 5 nitrogen and oxygen atoms in total. The number of aliphatic carboxylic acids is 1. The molecular formula is C21H18ClO5-. The van der Waals surface area contributed by atoms with Crippen LogP contribution in [0.15, 0.2) is 45.6 Å². The smallest absolute Gasteiger partial charge is 0.339 e. The van der Waals surface area contributed by atoms with Gasteiger partial charge in [0, 0.05) is 27.5 Å². The van der Waals surface area contributed by atoms with Crippen LogP contribution in [0.25, 0.3) is 11.0 Å². The molecule has 27 heavy (non-hydrogen) atoms. The Morgan fingerprint density at radius 2 is 1.81 bits per heavy atom. The minimum absolute atomic E-state index is 0.0836. The molecule has 0 atom stereocenters. The molecule has 0 bridgehead atoms. The van der Waals surface area contributed by atoms with Crippen LogP contribution in [0, 0.1) is 13.8 Å². The van der Waals surface area contributed by atoms with E-state index >= 15 is 0 Å². The average Bonchev–Trinajstić information content (AvgIpc) is 2.63. The van der Waals surface area contributed by atoms with Crippen LogP contribution in [0.1, 0.15) is 28.7 Å². The van der Waals surface area contributed by atoms with E-state index in [0.717, 1.165) is 16.5 Å². The minimum atomic E-state index is -1.20. The lowest BCUT2D eigenvalue weighted by Crippen LogP contribution is -2.24. The fourth-order valence-electron chi connectivity index (χ4n) is 2.99.